The number of hydrogen-bond donors (Lipinski definition) is 1. The van der Waals surface area contributed by atoms with Crippen molar-refractivity contribution >= 4 is 29.1 Å². The molecule has 0 aliphatic heterocycles. The van der Waals surface area contributed by atoms with Crippen LogP contribution in [0.5, 0.6) is 0 Å². The van der Waals surface area contributed by atoms with Crippen molar-refractivity contribution in [2.24, 2.45) is 0 Å². The monoisotopic (exact) mass is 459 g/mol. The number of carbonyl (C=O) groups is 2. The lowest BCUT2D eigenvalue weighted by Crippen LogP contribution is -2.45. The maximum absolute atomic E-state index is 13.3. The first-order chi connectivity index (χ1) is 15.1. The van der Waals surface area contributed by atoms with Crippen LogP contribution in [0.15, 0.2) is 48.8 Å². The molecule has 1 aromatic heterocycles. The number of carbonyl (C=O) groups excluding carboxylic acids is 2. The van der Waals surface area contributed by atoms with Gasteiger partial charge in [0.2, 0.25) is 11.8 Å². The molecule has 1 atom stereocenters. The SMILES string of the molecule is CC(C)OCCCNC(=O)C(c1cccnc1)N(C(=O)CCl)c1ccc(C(C)(C)C)cc1. The van der Waals surface area contributed by atoms with E-state index in [0.717, 1.165) is 5.56 Å². The first-order valence-electron chi connectivity index (χ1n) is 10.9. The van der Waals surface area contributed by atoms with E-state index in [-0.39, 0.29) is 29.2 Å². The molecule has 1 heterocycles. The predicted octanol–water partition coefficient (Wildman–Crippen LogP) is 4.62. The molecule has 7 heteroatoms. The Bertz CT molecular complexity index is 864. The Morgan fingerprint density at radius 2 is 1.84 bits per heavy atom. The van der Waals surface area contributed by atoms with Crippen LogP contribution in [0.4, 0.5) is 5.69 Å². The number of halogens is 1. The van der Waals surface area contributed by atoms with E-state index in [1.807, 2.05) is 38.1 Å². The molecule has 0 saturated heterocycles. The van der Waals surface area contributed by atoms with Crippen LogP contribution in [0.2, 0.25) is 0 Å². The summed E-state index contributed by atoms with van der Waals surface area (Å²) in [7, 11) is 0. The van der Waals surface area contributed by atoms with Crippen molar-refractivity contribution in [2.45, 2.75) is 58.6 Å². The van der Waals surface area contributed by atoms with Crippen molar-refractivity contribution in [1.82, 2.24) is 10.3 Å². The molecule has 0 aliphatic carbocycles. The molecule has 6 nitrogen and oxygen atoms in total. The van der Waals surface area contributed by atoms with Gasteiger partial charge >= 0.3 is 0 Å². The lowest BCUT2D eigenvalue weighted by Gasteiger charge is -2.31. The fourth-order valence-corrected chi connectivity index (χ4v) is 3.41. The van der Waals surface area contributed by atoms with Gasteiger partial charge in [0.05, 0.1) is 6.10 Å². The van der Waals surface area contributed by atoms with Gasteiger partial charge in [0.15, 0.2) is 0 Å². The second kappa shape index (κ2) is 12.0. The van der Waals surface area contributed by atoms with Crippen molar-refractivity contribution < 1.29 is 14.3 Å². The van der Waals surface area contributed by atoms with Crippen molar-refractivity contribution in [3.63, 3.8) is 0 Å². The maximum atomic E-state index is 13.3. The van der Waals surface area contributed by atoms with Crippen molar-refractivity contribution in [3.05, 3.63) is 59.9 Å². The fourth-order valence-electron chi connectivity index (χ4n) is 3.28. The van der Waals surface area contributed by atoms with Gasteiger partial charge in [-0.3, -0.25) is 19.5 Å². The minimum atomic E-state index is -0.888. The molecule has 2 aromatic rings. The van der Waals surface area contributed by atoms with E-state index in [1.165, 1.54) is 4.90 Å². The maximum Gasteiger partial charge on any atom is 0.247 e. The Morgan fingerprint density at radius 3 is 2.38 bits per heavy atom. The highest BCUT2D eigenvalue weighted by Gasteiger charge is 2.32. The summed E-state index contributed by atoms with van der Waals surface area (Å²) in [5.41, 5.74) is 2.32. The van der Waals surface area contributed by atoms with E-state index in [2.05, 4.69) is 31.1 Å². The van der Waals surface area contributed by atoms with Gasteiger partial charge in [0.1, 0.15) is 11.9 Å². The number of hydrogen-bond acceptors (Lipinski definition) is 4. The third-order valence-corrected chi connectivity index (χ3v) is 5.20. The third-order valence-electron chi connectivity index (χ3n) is 4.97. The molecule has 0 radical (unpaired) electrons. The first kappa shape index (κ1) is 25.8. The van der Waals surface area contributed by atoms with E-state index in [1.54, 1.807) is 24.5 Å². The number of aromatic nitrogens is 1. The second-order valence-corrected chi connectivity index (χ2v) is 9.21. The number of pyridine rings is 1. The molecule has 0 saturated carbocycles. The summed E-state index contributed by atoms with van der Waals surface area (Å²) in [6.07, 6.45) is 4.05. The highest BCUT2D eigenvalue weighted by Crippen LogP contribution is 2.30. The predicted molar refractivity (Wildman–Crippen MR) is 129 cm³/mol. The molecule has 174 valence electrons. The lowest BCUT2D eigenvalue weighted by molar-refractivity contribution is -0.125. The number of alkyl halides is 1. The average molecular weight is 460 g/mol. The Hall–Kier alpha value is -2.44. The topological polar surface area (TPSA) is 71.5 Å². The molecule has 0 bridgehead atoms. The molecule has 2 rings (SSSR count). The van der Waals surface area contributed by atoms with Gasteiger partial charge in [-0.15, -0.1) is 11.6 Å². The van der Waals surface area contributed by atoms with Crippen LogP contribution >= 0.6 is 11.6 Å². The summed E-state index contributed by atoms with van der Waals surface area (Å²) < 4.78 is 5.54. The van der Waals surface area contributed by atoms with Crippen LogP contribution in [0.1, 0.15) is 58.2 Å². The van der Waals surface area contributed by atoms with E-state index < -0.39 is 6.04 Å². The molecular formula is C25H34ClN3O3. The number of amides is 2. The molecule has 1 N–H and O–H groups in total. The summed E-state index contributed by atoms with van der Waals surface area (Å²) in [4.78, 5) is 31.8. The van der Waals surface area contributed by atoms with Crippen molar-refractivity contribution in [3.8, 4) is 0 Å². The van der Waals surface area contributed by atoms with Gasteiger partial charge in [-0.2, -0.15) is 0 Å². The molecule has 2 amide bonds. The van der Waals surface area contributed by atoms with Crippen LogP contribution in [-0.4, -0.2) is 41.9 Å². The number of anilines is 1. The van der Waals surface area contributed by atoms with Crippen LogP contribution in [0.3, 0.4) is 0 Å². The number of ether oxygens (including phenoxy) is 1. The number of nitrogens with one attached hydrogen (secondary N) is 1. The van der Waals surface area contributed by atoms with Gasteiger partial charge in [0, 0.05) is 36.8 Å². The van der Waals surface area contributed by atoms with Crippen LogP contribution in [0, 0.1) is 0 Å². The van der Waals surface area contributed by atoms with Crippen molar-refractivity contribution in [1.29, 1.82) is 0 Å². The largest absolute Gasteiger partial charge is 0.379 e. The summed E-state index contributed by atoms with van der Waals surface area (Å²) >= 11 is 5.96. The summed E-state index contributed by atoms with van der Waals surface area (Å²) in [5.74, 6) is -0.893. The molecule has 0 spiro atoms. The quantitative estimate of drug-likeness (QED) is 0.415. The Morgan fingerprint density at radius 1 is 1.16 bits per heavy atom. The summed E-state index contributed by atoms with van der Waals surface area (Å²) in [6.45, 7) is 11.3. The van der Waals surface area contributed by atoms with Crippen molar-refractivity contribution in [2.75, 3.05) is 23.9 Å². The van der Waals surface area contributed by atoms with Crippen LogP contribution in [0.25, 0.3) is 0 Å². The zero-order chi connectivity index (χ0) is 23.7. The summed E-state index contributed by atoms with van der Waals surface area (Å²) in [5, 5.41) is 2.94. The molecule has 1 aromatic carbocycles. The highest BCUT2D eigenvalue weighted by atomic mass is 35.5. The van der Waals surface area contributed by atoms with Gasteiger partial charge in [-0.25, -0.2) is 0 Å². The smallest absolute Gasteiger partial charge is 0.247 e. The molecule has 1 unspecified atom stereocenters. The second-order valence-electron chi connectivity index (χ2n) is 8.95. The average Bonchev–Trinajstić information content (AvgIpc) is 2.76. The standard InChI is InChI=1S/C25H34ClN3O3/c1-18(2)32-15-7-14-28-24(31)23(19-8-6-13-27-17-19)29(22(30)16-26)21-11-9-20(10-12-21)25(3,4)5/h6,8-13,17-18,23H,7,14-16H2,1-5H3,(H,28,31). The highest BCUT2D eigenvalue weighted by molar-refractivity contribution is 6.29. The van der Waals surface area contributed by atoms with Gasteiger partial charge in [-0.05, 0) is 49.4 Å². The normalized spacial score (nSPS) is 12.5. The number of nitrogens with zero attached hydrogens (tertiary/aromatic N) is 2. The Kier molecular flexibility index (Phi) is 9.66. The summed E-state index contributed by atoms with van der Waals surface area (Å²) in [6, 6.07) is 10.3. The molecule has 0 fully saturated rings. The Labute approximate surface area is 196 Å². The molecule has 0 aliphatic rings. The number of benzene rings is 1. The lowest BCUT2D eigenvalue weighted by atomic mass is 9.87. The zero-order valence-electron chi connectivity index (χ0n) is 19.6. The van der Waals surface area contributed by atoms with E-state index in [0.29, 0.717) is 30.8 Å². The van der Waals surface area contributed by atoms with E-state index >= 15 is 0 Å². The fraction of sp³-hybridized carbons (Fsp3) is 0.480. The van der Waals surface area contributed by atoms with Crippen LogP contribution < -0.4 is 10.2 Å². The minimum absolute atomic E-state index is 0.0297. The van der Waals surface area contributed by atoms with Crippen LogP contribution in [-0.2, 0) is 19.7 Å². The third kappa shape index (κ3) is 7.31. The van der Waals surface area contributed by atoms with Gasteiger partial charge in [0.25, 0.3) is 0 Å². The molecular weight excluding hydrogens is 426 g/mol. The Balaban J connectivity index is 2.34. The zero-order valence-corrected chi connectivity index (χ0v) is 20.4. The van der Waals surface area contributed by atoms with E-state index in [9.17, 15) is 9.59 Å². The molecule has 32 heavy (non-hydrogen) atoms. The van der Waals surface area contributed by atoms with E-state index in [4.69, 9.17) is 16.3 Å². The van der Waals surface area contributed by atoms with Gasteiger partial charge < -0.3 is 10.1 Å². The number of rotatable bonds is 10. The van der Waals surface area contributed by atoms with Gasteiger partial charge in [-0.1, -0.05) is 39.0 Å². The first-order valence-corrected chi connectivity index (χ1v) is 11.5. The minimum Gasteiger partial charge on any atom is -0.379 e.